The molecule has 0 aromatic carbocycles. The van der Waals surface area contributed by atoms with Crippen molar-refractivity contribution in [3.05, 3.63) is 46.2 Å². The molecule has 0 amide bonds. The van der Waals surface area contributed by atoms with Crippen molar-refractivity contribution in [1.82, 2.24) is 14.3 Å². The van der Waals surface area contributed by atoms with Gasteiger partial charge in [-0.15, -0.1) is 0 Å². The van der Waals surface area contributed by atoms with Crippen LogP contribution in [0, 0.1) is 0 Å². The summed E-state index contributed by atoms with van der Waals surface area (Å²) in [6.07, 6.45) is 5.00. The van der Waals surface area contributed by atoms with Gasteiger partial charge in [-0.3, -0.25) is 4.98 Å². The van der Waals surface area contributed by atoms with Crippen molar-refractivity contribution < 1.29 is 0 Å². The highest BCUT2D eigenvalue weighted by Gasteiger charge is 2.40. The summed E-state index contributed by atoms with van der Waals surface area (Å²) in [5.74, 6) is 1.06. The third kappa shape index (κ3) is 1.94. The number of rotatable bonds is 2. The van der Waals surface area contributed by atoms with Gasteiger partial charge in [0.15, 0.2) is 0 Å². The molecule has 0 aliphatic heterocycles. The number of fused-ring (bicyclic) bond motifs is 1. The molecule has 3 aromatic heterocycles. The Morgan fingerprint density at radius 1 is 1.20 bits per heavy atom. The van der Waals surface area contributed by atoms with Crippen LogP contribution >= 0.6 is 23.1 Å². The largest absolute Gasteiger partial charge is 0.397 e. The number of anilines is 1. The molecule has 1 aliphatic carbocycles. The second-order valence-corrected chi connectivity index (χ2v) is 6.12. The molecule has 1 saturated carbocycles. The van der Waals surface area contributed by atoms with E-state index >= 15 is 0 Å². The van der Waals surface area contributed by atoms with E-state index in [2.05, 4.69) is 25.8 Å². The van der Waals surface area contributed by atoms with Gasteiger partial charge in [-0.1, -0.05) is 11.6 Å². The summed E-state index contributed by atoms with van der Waals surface area (Å²) < 4.78 is 4.16. The van der Waals surface area contributed by atoms with Gasteiger partial charge in [-0.05, 0) is 47.0 Å². The quantitative estimate of drug-likeness (QED) is 0.735. The maximum atomic E-state index is 5.96. The second-order valence-electron chi connectivity index (χ2n) is 5.08. The minimum Gasteiger partial charge on any atom is -0.397 e. The average molecular weight is 303 g/mol. The SMILES string of the molecule is Nc1cc(Cl)nc2cc(C3CC3c3cnsc3)cnc12. The first-order chi connectivity index (χ1) is 9.72. The predicted octanol–water partition coefficient (Wildman–Crippen LogP) is 3.59. The Bertz CT molecular complexity index is 787. The van der Waals surface area contributed by atoms with Gasteiger partial charge in [0.25, 0.3) is 0 Å². The lowest BCUT2D eigenvalue weighted by molar-refractivity contribution is 1.02. The molecule has 4 nitrogen and oxygen atoms in total. The smallest absolute Gasteiger partial charge is 0.131 e. The minimum atomic E-state index is 0.406. The fourth-order valence-electron chi connectivity index (χ4n) is 2.65. The molecule has 0 spiro atoms. The molecule has 2 unspecified atom stereocenters. The van der Waals surface area contributed by atoms with Crippen molar-refractivity contribution in [2.45, 2.75) is 18.3 Å². The van der Waals surface area contributed by atoms with Crippen molar-refractivity contribution >= 4 is 39.9 Å². The molecule has 1 aliphatic rings. The van der Waals surface area contributed by atoms with Crippen molar-refractivity contribution in [2.75, 3.05) is 5.73 Å². The highest BCUT2D eigenvalue weighted by atomic mass is 35.5. The Hall–Kier alpha value is -1.72. The Kier molecular flexibility index (Phi) is 2.65. The van der Waals surface area contributed by atoms with Crippen molar-refractivity contribution in [1.29, 1.82) is 0 Å². The third-order valence-electron chi connectivity index (χ3n) is 3.76. The molecule has 1 fully saturated rings. The first-order valence-corrected chi connectivity index (χ1v) is 7.55. The van der Waals surface area contributed by atoms with Crippen LogP contribution in [0.4, 0.5) is 5.69 Å². The molecule has 0 bridgehead atoms. The second kappa shape index (κ2) is 4.40. The van der Waals surface area contributed by atoms with E-state index in [4.69, 9.17) is 17.3 Å². The maximum Gasteiger partial charge on any atom is 0.131 e. The summed E-state index contributed by atoms with van der Waals surface area (Å²) in [5.41, 5.74) is 10.5. The summed E-state index contributed by atoms with van der Waals surface area (Å²) >= 11 is 7.46. The van der Waals surface area contributed by atoms with E-state index in [9.17, 15) is 0 Å². The molecule has 3 aromatic rings. The van der Waals surface area contributed by atoms with Gasteiger partial charge in [0.1, 0.15) is 10.7 Å². The topological polar surface area (TPSA) is 64.7 Å². The van der Waals surface area contributed by atoms with Crippen LogP contribution in [-0.4, -0.2) is 14.3 Å². The lowest BCUT2D eigenvalue weighted by Gasteiger charge is -2.04. The Morgan fingerprint density at radius 2 is 2.05 bits per heavy atom. The van der Waals surface area contributed by atoms with Crippen molar-refractivity contribution in [3.63, 3.8) is 0 Å². The summed E-state index contributed by atoms with van der Waals surface area (Å²) in [6, 6.07) is 3.68. The monoisotopic (exact) mass is 302 g/mol. The normalized spacial score (nSPS) is 21.2. The number of pyridine rings is 2. The maximum absolute atomic E-state index is 5.96. The Balaban J connectivity index is 1.72. The number of nitrogen functional groups attached to an aromatic ring is 1. The van der Waals surface area contributed by atoms with Crippen LogP contribution in [0.15, 0.2) is 29.9 Å². The molecule has 0 radical (unpaired) electrons. The molecule has 3 heterocycles. The summed E-state index contributed by atoms with van der Waals surface area (Å²) in [4.78, 5) is 8.75. The number of aromatic nitrogens is 3. The van der Waals surface area contributed by atoms with Crippen LogP contribution in [0.3, 0.4) is 0 Å². The van der Waals surface area contributed by atoms with Gasteiger partial charge < -0.3 is 5.73 Å². The Labute approximate surface area is 124 Å². The first kappa shape index (κ1) is 12.1. The molecule has 6 heteroatoms. The van der Waals surface area contributed by atoms with Crippen LogP contribution in [0.1, 0.15) is 29.4 Å². The van der Waals surface area contributed by atoms with E-state index in [1.54, 1.807) is 6.07 Å². The fraction of sp³-hybridized carbons (Fsp3) is 0.214. The van der Waals surface area contributed by atoms with Gasteiger partial charge in [0.05, 0.1) is 11.2 Å². The predicted molar refractivity (Wildman–Crippen MR) is 81.2 cm³/mol. The van der Waals surface area contributed by atoms with Crippen molar-refractivity contribution in [3.8, 4) is 0 Å². The van der Waals surface area contributed by atoms with Crippen LogP contribution in [0.5, 0.6) is 0 Å². The van der Waals surface area contributed by atoms with Gasteiger partial charge in [-0.25, -0.2) is 9.36 Å². The lowest BCUT2D eigenvalue weighted by atomic mass is 10.1. The van der Waals surface area contributed by atoms with Crippen LogP contribution in [0.2, 0.25) is 5.15 Å². The fourth-order valence-corrected chi connectivity index (χ4v) is 3.46. The number of nitrogens with zero attached hydrogens (tertiary/aromatic N) is 3. The van der Waals surface area contributed by atoms with E-state index in [1.807, 2.05) is 12.4 Å². The highest BCUT2D eigenvalue weighted by molar-refractivity contribution is 7.03. The molecule has 20 heavy (non-hydrogen) atoms. The molecule has 4 rings (SSSR count). The molecule has 2 atom stereocenters. The zero-order valence-electron chi connectivity index (χ0n) is 10.5. The zero-order valence-corrected chi connectivity index (χ0v) is 12.0. The van der Waals surface area contributed by atoms with E-state index in [-0.39, 0.29) is 0 Å². The summed E-state index contributed by atoms with van der Waals surface area (Å²) in [5, 5.41) is 2.52. The standard InChI is InChI=1S/C14H11ClN4S/c15-13-3-11(16)14-12(19-13)1-7(4-17-14)9-2-10(9)8-5-18-20-6-8/h1,3-6,9-10H,2H2,(H2,16,19). The van der Waals surface area contributed by atoms with Gasteiger partial charge in [0, 0.05) is 23.8 Å². The minimum absolute atomic E-state index is 0.406. The number of hydrogen-bond donors (Lipinski definition) is 1. The average Bonchev–Trinajstić information content (AvgIpc) is 3.04. The van der Waals surface area contributed by atoms with E-state index in [1.165, 1.54) is 22.7 Å². The van der Waals surface area contributed by atoms with Gasteiger partial charge >= 0.3 is 0 Å². The van der Waals surface area contributed by atoms with Gasteiger partial charge in [0.2, 0.25) is 0 Å². The van der Waals surface area contributed by atoms with Crippen molar-refractivity contribution in [2.24, 2.45) is 0 Å². The zero-order chi connectivity index (χ0) is 13.7. The van der Waals surface area contributed by atoms with Crippen LogP contribution in [0.25, 0.3) is 11.0 Å². The molecule has 0 saturated heterocycles. The third-order valence-corrected chi connectivity index (χ3v) is 4.56. The van der Waals surface area contributed by atoms with E-state index < -0.39 is 0 Å². The van der Waals surface area contributed by atoms with Crippen LogP contribution in [-0.2, 0) is 0 Å². The Morgan fingerprint density at radius 3 is 2.85 bits per heavy atom. The molecular weight excluding hydrogens is 292 g/mol. The van der Waals surface area contributed by atoms with E-state index in [0.29, 0.717) is 28.2 Å². The summed E-state index contributed by atoms with van der Waals surface area (Å²) in [6.45, 7) is 0. The number of hydrogen-bond acceptors (Lipinski definition) is 5. The number of halogens is 1. The lowest BCUT2D eigenvalue weighted by Crippen LogP contribution is -1.94. The van der Waals surface area contributed by atoms with E-state index in [0.717, 1.165) is 11.9 Å². The highest BCUT2D eigenvalue weighted by Crippen LogP contribution is 2.54. The van der Waals surface area contributed by atoms with Crippen LogP contribution < -0.4 is 5.73 Å². The van der Waals surface area contributed by atoms with Gasteiger partial charge in [-0.2, -0.15) is 0 Å². The molecule has 100 valence electrons. The molecular formula is C14H11ClN4S. The number of nitrogens with two attached hydrogens (primary N) is 1. The first-order valence-electron chi connectivity index (χ1n) is 6.33. The summed E-state index contributed by atoms with van der Waals surface area (Å²) in [7, 11) is 0. The molecule has 2 N–H and O–H groups in total.